The SMILES string of the molecule is Cc1c(NC(=O)N2CCC(O)(C(F)(F)F)CC2)cccc1[N+](=O)[O-]. The molecule has 0 aliphatic carbocycles. The van der Waals surface area contributed by atoms with Gasteiger partial charge in [0.2, 0.25) is 0 Å². The maximum absolute atomic E-state index is 12.7. The lowest BCUT2D eigenvalue weighted by molar-refractivity contribution is -0.385. The van der Waals surface area contributed by atoms with Crippen LogP contribution in [0.25, 0.3) is 0 Å². The largest absolute Gasteiger partial charge is 0.417 e. The minimum Gasteiger partial charge on any atom is -0.380 e. The van der Waals surface area contributed by atoms with Gasteiger partial charge in [-0.05, 0) is 13.0 Å². The summed E-state index contributed by atoms with van der Waals surface area (Å²) < 4.78 is 38.2. The minimum atomic E-state index is -4.74. The van der Waals surface area contributed by atoms with Crippen LogP contribution in [0, 0.1) is 17.0 Å². The highest BCUT2D eigenvalue weighted by atomic mass is 19.4. The minimum absolute atomic E-state index is 0.169. The molecule has 1 fully saturated rings. The second-order valence-corrected chi connectivity index (χ2v) is 5.65. The predicted octanol–water partition coefficient (Wildman–Crippen LogP) is 2.82. The number of benzene rings is 1. The Hall–Kier alpha value is -2.36. The van der Waals surface area contributed by atoms with Crippen molar-refractivity contribution < 1.29 is 28.0 Å². The van der Waals surface area contributed by atoms with Crippen molar-refractivity contribution in [2.24, 2.45) is 0 Å². The van der Waals surface area contributed by atoms with Gasteiger partial charge in [-0.2, -0.15) is 13.2 Å². The molecule has 7 nitrogen and oxygen atoms in total. The van der Waals surface area contributed by atoms with Gasteiger partial charge in [-0.1, -0.05) is 6.07 Å². The van der Waals surface area contributed by atoms with E-state index in [0.29, 0.717) is 0 Å². The van der Waals surface area contributed by atoms with E-state index in [0.717, 1.165) is 4.90 Å². The Kier molecular flexibility index (Phi) is 4.70. The molecule has 0 aromatic heterocycles. The van der Waals surface area contributed by atoms with E-state index in [9.17, 15) is 33.2 Å². The number of likely N-dealkylation sites (tertiary alicyclic amines) is 1. The summed E-state index contributed by atoms with van der Waals surface area (Å²) in [7, 11) is 0. The molecular formula is C14H16F3N3O4. The van der Waals surface area contributed by atoms with Gasteiger partial charge in [-0.15, -0.1) is 0 Å². The number of nitrogens with zero attached hydrogens (tertiary/aromatic N) is 2. The summed E-state index contributed by atoms with van der Waals surface area (Å²) in [6, 6.07) is 3.49. The highest BCUT2D eigenvalue weighted by Gasteiger charge is 2.54. The van der Waals surface area contributed by atoms with Crippen LogP contribution in [0.5, 0.6) is 0 Å². The van der Waals surface area contributed by atoms with Crippen LogP contribution in [0.3, 0.4) is 0 Å². The fraction of sp³-hybridized carbons (Fsp3) is 0.500. The molecule has 2 N–H and O–H groups in total. The predicted molar refractivity (Wildman–Crippen MR) is 78.7 cm³/mol. The zero-order valence-corrected chi connectivity index (χ0v) is 12.8. The number of nitro groups is 1. The summed E-state index contributed by atoms with van der Waals surface area (Å²) in [5.41, 5.74) is -2.49. The van der Waals surface area contributed by atoms with Gasteiger partial charge in [-0.3, -0.25) is 10.1 Å². The van der Waals surface area contributed by atoms with E-state index in [1.165, 1.54) is 25.1 Å². The number of anilines is 1. The smallest absolute Gasteiger partial charge is 0.380 e. The van der Waals surface area contributed by atoms with Crippen LogP contribution in [-0.2, 0) is 0 Å². The van der Waals surface area contributed by atoms with Crippen molar-refractivity contribution in [1.29, 1.82) is 0 Å². The van der Waals surface area contributed by atoms with E-state index < -0.39 is 35.6 Å². The lowest BCUT2D eigenvalue weighted by Gasteiger charge is -2.39. The number of hydrogen-bond donors (Lipinski definition) is 2. The summed E-state index contributed by atoms with van der Waals surface area (Å²) in [5, 5.41) is 22.9. The van der Waals surface area contributed by atoms with E-state index >= 15 is 0 Å². The Morgan fingerprint density at radius 2 is 1.96 bits per heavy atom. The maximum Gasteiger partial charge on any atom is 0.417 e. The number of aliphatic hydroxyl groups is 1. The first-order valence-electron chi connectivity index (χ1n) is 7.14. The summed E-state index contributed by atoms with van der Waals surface area (Å²) in [4.78, 5) is 23.6. The first-order chi connectivity index (χ1) is 11.0. The molecule has 0 atom stereocenters. The molecule has 1 aromatic rings. The third-order valence-corrected chi connectivity index (χ3v) is 4.15. The van der Waals surface area contributed by atoms with Crippen LogP contribution in [0.1, 0.15) is 18.4 Å². The molecule has 0 bridgehead atoms. The van der Waals surface area contributed by atoms with Gasteiger partial charge < -0.3 is 15.3 Å². The number of rotatable bonds is 2. The van der Waals surface area contributed by atoms with Crippen molar-refractivity contribution in [3.63, 3.8) is 0 Å². The van der Waals surface area contributed by atoms with Crippen molar-refractivity contribution in [1.82, 2.24) is 4.90 Å². The zero-order chi connectivity index (χ0) is 18.1. The first kappa shape index (κ1) is 18.0. The molecule has 1 saturated heterocycles. The summed E-state index contributed by atoms with van der Waals surface area (Å²) >= 11 is 0. The Morgan fingerprint density at radius 1 is 1.38 bits per heavy atom. The second-order valence-electron chi connectivity index (χ2n) is 5.65. The molecule has 0 saturated carbocycles. The van der Waals surface area contributed by atoms with Crippen molar-refractivity contribution in [3.05, 3.63) is 33.9 Å². The van der Waals surface area contributed by atoms with Crippen molar-refractivity contribution in [3.8, 4) is 0 Å². The van der Waals surface area contributed by atoms with Gasteiger partial charge in [0, 0.05) is 32.0 Å². The topological polar surface area (TPSA) is 95.7 Å². The van der Waals surface area contributed by atoms with Crippen molar-refractivity contribution in [2.75, 3.05) is 18.4 Å². The molecule has 2 rings (SSSR count). The van der Waals surface area contributed by atoms with E-state index in [1.807, 2.05) is 0 Å². The molecule has 2 amide bonds. The van der Waals surface area contributed by atoms with Crippen LogP contribution < -0.4 is 5.32 Å². The lowest BCUT2D eigenvalue weighted by Crippen LogP contribution is -2.55. The molecule has 24 heavy (non-hydrogen) atoms. The summed E-state index contributed by atoms with van der Waals surface area (Å²) in [6.07, 6.45) is -5.97. The van der Waals surface area contributed by atoms with Gasteiger partial charge in [0.15, 0.2) is 5.60 Å². The van der Waals surface area contributed by atoms with Gasteiger partial charge >= 0.3 is 12.2 Å². The van der Waals surface area contributed by atoms with Gasteiger partial charge in [-0.25, -0.2) is 4.79 Å². The fourth-order valence-electron chi connectivity index (χ4n) is 2.51. The van der Waals surface area contributed by atoms with Crippen LogP contribution in [-0.4, -0.2) is 45.8 Å². The number of nitrogens with one attached hydrogen (secondary N) is 1. The van der Waals surface area contributed by atoms with Crippen LogP contribution in [0.4, 0.5) is 29.3 Å². The Labute approximate surface area is 135 Å². The van der Waals surface area contributed by atoms with Crippen molar-refractivity contribution in [2.45, 2.75) is 31.5 Å². The Bertz CT molecular complexity index is 655. The number of halogens is 3. The molecule has 1 aliphatic rings. The van der Waals surface area contributed by atoms with E-state index in [-0.39, 0.29) is 30.0 Å². The average molecular weight is 347 g/mol. The van der Waals surface area contributed by atoms with Crippen LogP contribution in [0.15, 0.2) is 18.2 Å². The molecule has 132 valence electrons. The lowest BCUT2D eigenvalue weighted by atomic mass is 9.91. The molecule has 1 aromatic carbocycles. The molecule has 1 aliphatic heterocycles. The second kappa shape index (κ2) is 6.27. The quantitative estimate of drug-likeness (QED) is 0.635. The van der Waals surface area contributed by atoms with E-state index in [1.54, 1.807) is 0 Å². The number of carbonyl (C=O) groups is 1. The van der Waals surface area contributed by atoms with Crippen LogP contribution >= 0.6 is 0 Å². The molecule has 10 heteroatoms. The number of urea groups is 1. The summed E-state index contributed by atoms with van der Waals surface area (Å²) in [5.74, 6) is 0. The monoisotopic (exact) mass is 347 g/mol. The molecule has 0 spiro atoms. The number of carbonyl (C=O) groups excluding carboxylic acids is 1. The number of hydrogen-bond acceptors (Lipinski definition) is 4. The standard InChI is InChI=1S/C14H16F3N3O4/c1-9-10(3-2-4-11(9)20(23)24)18-12(21)19-7-5-13(22,6-8-19)14(15,16)17/h2-4,22H,5-8H2,1H3,(H,18,21). The highest BCUT2D eigenvalue weighted by molar-refractivity contribution is 5.90. The zero-order valence-electron chi connectivity index (χ0n) is 12.8. The normalized spacial score (nSPS) is 17.5. The average Bonchev–Trinajstić information content (AvgIpc) is 2.48. The number of piperidine rings is 1. The third-order valence-electron chi connectivity index (χ3n) is 4.15. The highest BCUT2D eigenvalue weighted by Crippen LogP contribution is 2.38. The molecule has 0 unspecified atom stereocenters. The van der Waals surface area contributed by atoms with Gasteiger partial charge in [0.1, 0.15) is 0 Å². The van der Waals surface area contributed by atoms with E-state index in [2.05, 4.69) is 5.32 Å². The van der Waals surface area contributed by atoms with Crippen LogP contribution in [0.2, 0.25) is 0 Å². The summed E-state index contributed by atoms with van der Waals surface area (Å²) in [6.45, 7) is 0.929. The third kappa shape index (κ3) is 3.42. The first-order valence-corrected chi connectivity index (χ1v) is 7.14. The fourth-order valence-corrected chi connectivity index (χ4v) is 2.51. The molecular weight excluding hydrogens is 331 g/mol. The number of alkyl halides is 3. The van der Waals surface area contributed by atoms with Gasteiger partial charge in [0.25, 0.3) is 5.69 Å². The molecule has 1 heterocycles. The Balaban J connectivity index is 2.05. The van der Waals surface area contributed by atoms with Gasteiger partial charge in [0.05, 0.1) is 16.2 Å². The number of nitro benzene ring substituents is 1. The maximum atomic E-state index is 12.7. The van der Waals surface area contributed by atoms with E-state index in [4.69, 9.17) is 0 Å². The van der Waals surface area contributed by atoms with Crippen molar-refractivity contribution >= 4 is 17.4 Å². The number of amides is 2. The molecule has 0 radical (unpaired) electrons. The Morgan fingerprint density at radius 3 is 2.46 bits per heavy atom.